The van der Waals surface area contributed by atoms with Crippen LogP contribution in [0.3, 0.4) is 0 Å². The largest absolute Gasteiger partial charge is 0.477 e. The third-order valence-electron chi connectivity index (χ3n) is 2.74. The number of nitro groups is 1. The number of nitrogens with zero attached hydrogens (tertiary/aromatic N) is 1. The van der Waals surface area contributed by atoms with Gasteiger partial charge >= 0.3 is 5.69 Å². The topological polar surface area (TPSA) is 111 Å². The standard InChI is InChI=1S/C14H19N3O5/c1-3-8-15-14(19)10(2)16-13(18)9-22-12-7-5-4-6-11(12)17(20)21/h4-7,10H,3,8-9H2,1-2H3,(H,15,19)(H,16,18)/t10-/m0/s1. The fourth-order valence-corrected chi connectivity index (χ4v) is 1.62. The number of benzene rings is 1. The molecule has 0 unspecified atom stereocenters. The molecule has 0 aliphatic heterocycles. The molecule has 1 atom stereocenters. The highest BCUT2D eigenvalue weighted by molar-refractivity contribution is 5.87. The first kappa shape index (κ1) is 17.4. The van der Waals surface area contributed by atoms with Crippen molar-refractivity contribution in [3.8, 4) is 5.75 Å². The van der Waals surface area contributed by atoms with Crippen LogP contribution in [0.4, 0.5) is 5.69 Å². The highest BCUT2D eigenvalue weighted by Gasteiger charge is 2.17. The first-order valence-electron chi connectivity index (χ1n) is 6.89. The molecule has 0 spiro atoms. The summed E-state index contributed by atoms with van der Waals surface area (Å²) in [5.41, 5.74) is -0.218. The van der Waals surface area contributed by atoms with Gasteiger partial charge in [-0.05, 0) is 19.4 Å². The first-order chi connectivity index (χ1) is 10.5. The zero-order valence-corrected chi connectivity index (χ0v) is 12.5. The SMILES string of the molecule is CCCNC(=O)[C@H](C)NC(=O)COc1ccccc1[N+](=O)[O-]. The van der Waals surface area contributed by atoms with Gasteiger partial charge in [-0.3, -0.25) is 19.7 Å². The quantitative estimate of drug-likeness (QED) is 0.550. The molecule has 0 aliphatic carbocycles. The molecule has 0 heterocycles. The summed E-state index contributed by atoms with van der Waals surface area (Å²) in [6.45, 7) is 3.60. The van der Waals surface area contributed by atoms with Gasteiger partial charge in [0.15, 0.2) is 12.4 Å². The van der Waals surface area contributed by atoms with Crippen LogP contribution in [0.5, 0.6) is 5.75 Å². The van der Waals surface area contributed by atoms with E-state index in [1.807, 2.05) is 6.92 Å². The smallest absolute Gasteiger partial charge is 0.310 e. The Morgan fingerprint density at radius 2 is 2.05 bits per heavy atom. The lowest BCUT2D eigenvalue weighted by Gasteiger charge is -2.14. The van der Waals surface area contributed by atoms with Crippen LogP contribution in [0.1, 0.15) is 20.3 Å². The van der Waals surface area contributed by atoms with Crippen molar-refractivity contribution in [2.75, 3.05) is 13.2 Å². The van der Waals surface area contributed by atoms with Crippen LogP contribution in [0.2, 0.25) is 0 Å². The summed E-state index contributed by atoms with van der Waals surface area (Å²) in [4.78, 5) is 33.5. The molecule has 8 nitrogen and oxygen atoms in total. The lowest BCUT2D eigenvalue weighted by Crippen LogP contribution is -2.46. The molecule has 0 aromatic heterocycles. The highest BCUT2D eigenvalue weighted by atomic mass is 16.6. The Balaban J connectivity index is 2.50. The average Bonchev–Trinajstić information content (AvgIpc) is 2.50. The molecule has 8 heteroatoms. The van der Waals surface area contributed by atoms with Gasteiger partial charge in [-0.15, -0.1) is 0 Å². The summed E-state index contributed by atoms with van der Waals surface area (Å²) in [6.07, 6.45) is 0.799. The van der Waals surface area contributed by atoms with Crippen molar-refractivity contribution in [2.45, 2.75) is 26.3 Å². The molecular weight excluding hydrogens is 290 g/mol. The van der Waals surface area contributed by atoms with Gasteiger partial charge in [-0.25, -0.2) is 0 Å². The second-order valence-electron chi connectivity index (χ2n) is 4.59. The lowest BCUT2D eigenvalue weighted by atomic mass is 10.3. The second-order valence-corrected chi connectivity index (χ2v) is 4.59. The van der Waals surface area contributed by atoms with Gasteiger partial charge in [0.05, 0.1) is 4.92 Å². The van der Waals surface area contributed by atoms with Crippen LogP contribution in [0, 0.1) is 10.1 Å². The maximum absolute atomic E-state index is 11.7. The van der Waals surface area contributed by atoms with Gasteiger partial charge in [0.1, 0.15) is 6.04 Å². The zero-order valence-electron chi connectivity index (χ0n) is 12.5. The third-order valence-corrected chi connectivity index (χ3v) is 2.74. The Bertz CT molecular complexity index is 547. The summed E-state index contributed by atoms with van der Waals surface area (Å²) in [5.74, 6) is -0.816. The van der Waals surface area contributed by atoms with Gasteiger partial charge in [-0.2, -0.15) is 0 Å². The van der Waals surface area contributed by atoms with Gasteiger partial charge in [0.25, 0.3) is 5.91 Å². The molecule has 120 valence electrons. The summed E-state index contributed by atoms with van der Waals surface area (Å²) < 4.78 is 5.14. The number of ether oxygens (including phenoxy) is 1. The second kappa shape index (κ2) is 8.60. The molecule has 0 bridgehead atoms. The maximum atomic E-state index is 11.7. The van der Waals surface area contributed by atoms with Crippen LogP contribution in [0.15, 0.2) is 24.3 Å². The van der Waals surface area contributed by atoms with Crippen molar-refractivity contribution in [2.24, 2.45) is 0 Å². The Hall–Kier alpha value is -2.64. The van der Waals surface area contributed by atoms with E-state index in [9.17, 15) is 19.7 Å². The van der Waals surface area contributed by atoms with Crippen molar-refractivity contribution in [1.82, 2.24) is 10.6 Å². The molecule has 2 amide bonds. The Morgan fingerprint density at radius 1 is 1.36 bits per heavy atom. The number of nitrogens with one attached hydrogen (secondary N) is 2. The van der Waals surface area contributed by atoms with E-state index in [2.05, 4.69) is 10.6 Å². The summed E-state index contributed by atoms with van der Waals surface area (Å²) >= 11 is 0. The molecule has 1 rings (SSSR count). The van der Waals surface area contributed by atoms with Crippen molar-refractivity contribution >= 4 is 17.5 Å². The van der Waals surface area contributed by atoms with E-state index in [4.69, 9.17) is 4.74 Å². The number of nitro benzene ring substituents is 1. The summed E-state index contributed by atoms with van der Waals surface area (Å²) in [6, 6.07) is 5.07. The normalized spacial score (nSPS) is 11.4. The Morgan fingerprint density at radius 3 is 2.68 bits per heavy atom. The molecule has 1 aromatic carbocycles. The number of carbonyl (C=O) groups excluding carboxylic acids is 2. The number of amides is 2. The van der Waals surface area contributed by atoms with E-state index in [0.29, 0.717) is 6.54 Å². The van der Waals surface area contributed by atoms with Crippen LogP contribution >= 0.6 is 0 Å². The van der Waals surface area contributed by atoms with E-state index in [-0.39, 0.29) is 17.3 Å². The minimum absolute atomic E-state index is 0.00531. The monoisotopic (exact) mass is 309 g/mol. The Kier molecular flexibility index (Phi) is 6.81. The van der Waals surface area contributed by atoms with Crippen molar-refractivity contribution in [1.29, 1.82) is 0 Å². The molecule has 0 saturated carbocycles. The zero-order chi connectivity index (χ0) is 16.5. The summed E-state index contributed by atoms with van der Waals surface area (Å²) in [7, 11) is 0. The van der Waals surface area contributed by atoms with Crippen LogP contribution in [-0.2, 0) is 9.59 Å². The fraction of sp³-hybridized carbons (Fsp3) is 0.429. The molecule has 2 N–H and O–H groups in total. The maximum Gasteiger partial charge on any atom is 0.310 e. The van der Waals surface area contributed by atoms with E-state index >= 15 is 0 Å². The van der Waals surface area contributed by atoms with Gasteiger partial charge < -0.3 is 15.4 Å². The molecule has 0 saturated heterocycles. The molecule has 0 fully saturated rings. The van der Waals surface area contributed by atoms with Crippen LogP contribution in [0.25, 0.3) is 0 Å². The predicted octanol–water partition coefficient (Wildman–Crippen LogP) is 1.00. The molecular formula is C14H19N3O5. The first-order valence-corrected chi connectivity index (χ1v) is 6.89. The number of para-hydroxylation sites is 2. The predicted molar refractivity (Wildman–Crippen MR) is 79.5 cm³/mol. The van der Waals surface area contributed by atoms with E-state index < -0.39 is 23.5 Å². The van der Waals surface area contributed by atoms with Crippen molar-refractivity contribution < 1.29 is 19.2 Å². The van der Waals surface area contributed by atoms with Gasteiger partial charge in [0.2, 0.25) is 5.91 Å². The van der Waals surface area contributed by atoms with E-state index in [1.54, 1.807) is 13.0 Å². The van der Waals surface area contributed by atoms with E-state index in [0.717, 1.165) is 6.42 Å². The summed E-state index contributed by atoms with van der Waals surface area (Å²) in [5, 5.41) is 15.9. The fourth-order valence-electron chi connectivity index (χ4n) is 1.62. The van der Waals surface area contributed by atoms with Gasteiger partial charge in [-0.1, -0.05) is 19.1 Å². The minimum Gasteiger partial charge on any atom is -0.477 e. The number of rotatable bonds is 8. The molecule has 0 radical (unpaired) electrons. The van der Waals surface area contributed by atoms with Gasteiger partial charge in [0, 0.05) is 12.6 Å². The van der Waals surface area contributed by atoms with Crippen LogP contribution in [-0.4, -0.2) is 35.9 Å². The van der Waals surface area contributed by atoms with Crippen LogP contribution < -0.4 is 15.4 Å². The number of hydrogen-bond donors (Lipinski definition) is 2. The lowest BCUT2D eigenvalue weighted by molar-refractivity contribution is -0.385. The third kappa shape index (κ3) is 5.39. The van der Waals surface area contributed by atoms with E-state index in [1.165, 1.54) is 18.2 Å². The van der Waals surface area contributed by atoms with Crippen molar-refractivity contribution in [3.63, 3.8) is 0 Å². The molecule has 0 aliphatic rings. The highest BCUT2D eigenvalue weighted by Crippen LogP contribution is 2.25. The number of carbonyl (C=O) groups is 2. The van der Waals surface area contributed by atoms with Crippen molar-refractivity contribution in [3.05, 3.63) is 34.4 Å². The molecule has 22 heavy (non-hydrogen) atoms. The molecule has 1 aromatic rings. The minimum atomic E-state index is -0.701. The average molecular weight is 309 g/mol. The Labute approximate surface area is 128 Å². The number of hydrogen-bond acceptors (Lipinski definition) is 5.